The Morgan fingerprint density at radius 1 is 0.565 bits per heavy atom. The maximum atomic E-state index is 12.5. The molecule has 0 aliphatic heterocycles. The summed E-state index contributed by atoms with van der Waals surface area (Å²) in [6.07, 6.45) is 40.5. The van der Waals surface area contributed by atoms with E-state index >= 15 is 0 Å². The van der Waals surface area contributed by atoms with Crippen LogP contribution in [-0.2, 0) is 14.9 Å². The standard InChI is InChI=1S/C39H77NO5S/c1-3-5-7-9-11-13-15-17-18-19-20-21-23-25-27-29-31-33-35-39(42)40-37(36-46(43,44)45)38(41)34-32-30-28-26-24-22-16-14-12-10-8-6-4-2/h32,34,37-38,41H,3-31,33,35-36H2,1-2H3,(H,40,42)(H,43,44,45)/b34-32+. The lowest BCUT2D eigenvalue weighted by Crippen LogP contribution is -2.46. The van der Waals surface area contributed by atoms with Crippen molar-refractivity contribution in [3.63, 3.8) is 0 Å². The van der Waals surface area contributed by atoms with Gasteiger partial charge >= 0.3 is 0 Å². The number of hydrogen-bond donors (Lipinski definition) is 3. The average molecular weight is 672 g/mol. The van der Waals surface area contributed by atoms with E-state index in [9.17, 15) is 22.9 Å². The molecular weight excluding hydrogens is 594 g/mol. The highest BCUT2D eigenvalue weighted by atomic mass is 32.2. The molecule has 0 aromatic heterocycles. The van der Waals surface area contributed by atoms with Gasteiger partial charge < -0.3 is 10.4 Å². The van der Waals surface area contributed by atoms with Crippen LogP contribution in [0.3, 0.4) is 0 Å². The fraction of sp³-hybridized carbons (Fsp3) is 0.923. The fourth-order valence-corrected chi connectivity index (χ4v) is 6.95. The van der Waals surface area contributed by atoms with Crippen molar-refractivity contribution < 1.29 is 22.9 Å². The number of unbranched alkanes of at least 4 members (excludes halogenated alkanes) is 28. The zero-order chi connectivity index (χ0) is 34.0. The highest BCUT2D eigenvalue weighted by Crippen LogP contribution is 2.15. The molecule has 2 atom stereocenters. The summed E-state index contributed by atoms with van der Waals surface area (Å²) in [6.45, 7) is 4.52. The van der Waals surface area contributed by atoms with Crippen LogP contribution in [0.1, 0.15) is 213 Å². The van der Waals surface area contributed by atoms with Crippen molar-refractivity contribution in [3.8, 4) is 0 Å². The number of hydrogen-bond acceptors (Lipinski definition) is 4. The third kappa shape index (κ3) is 34.4. The molecule has 0 aliphatic rings. The van der Waals surface area contributed by atoms with Crippen LogP contribution in [0, 0.1) is 0 Å². The Kier molecular flexibility index (Phi) is 33.3. The van der Waals surface area contributed by atoms with Crippen LogP contribution in [0.2, 0.25) is 0 Å². The van der Waals surface area contributed by atoms with E-state index in [0.29, 0.717) is 6.42 Å². The number of carbonyl (C=O) groups is 1. The second-order valence-electron chi connectivity index (χ2n) is 13.9. The number of carbonyl (C=O) groups excluding carboxylic acids is 1. The summed E-state index contributed by atoms with van der Waals surface area (Å²) in [6, 6.07) is -1.05. The average Bonchev–Trinajstić information content (AvgIpc) is 3.01. The van der Waals surface area contributed by atoms with Gasteiger partial charge in [0.05, 0.1) is 17.9 Å². The predicted molar refractivity (Wildman–Crippen MR) is 198 cm³/mol. The third-order valence-electron chi connectivity index (χ3n) is 9.21. The Balaban J connectivity index is 3.88. The zero-order valence-corrected chi connectivity index (χ0v) is 31.3. The van der Waals surface area contributed by atoms with Gasteiger partial charge in [-0.15, -0.1) is 0 Å². The van der Waals surface area contributed by atoms with E-state index in [2.05, 4.69) is 19.2 Å². The van der Waals surface area contributed by atoms with E-state index < -0.39 is 28.0 Å². The van der Waals surface area contributed by atoms with Crippen molar-refractivity contribution >= 4 is 16.0 Å². The maximum absolute atomic E-state index is 12.5. The van der Waals surface area contributed by atoms with Crippen molar-refractivity contribution in [3.05, 3.63) is 12.2 Å². The number of rotatable bonds is 36. The van der Waals surface area contributed by atoms with E-state index in [1.165, 1.54) is 154 Å². The first kappa shape index (κ1) is 45.1. The Labute approximate surface area is 286 Å². The predicted octanol–water partition coefficient (Wildman–Crippen LogP) is 11.4. The molecule has 0 bridgehead atoms. The van der Waals surface area contributed by atoms with Gasteiger partial charge in [0.1, 0.15) is 0 Å². The molecule has 0 aromatic carbocycles. The molecule has 7 heteroatoms. The summed E-state index contributed by atoms with van der Waals surface area (Å²) < 4.78 is 32.4. The molecule has 0 heterocycles. The quantitative estimate of drug-likeness (QED) is 0.0349. The van der Waals surface area contributed by atoms with E-state index in [-0.39, 0.29) is 5.91 Å². The zero-order valence-electron chi connectivity index (χ0n) is 30.5. The molecule has 6 nitrogen and oxygen atoms in total. The first-order valence-corrected chi connectivity index (χ1v) is 21.5. The van der Waals surface area contributed by atoms with Crippen molar-refractivity contribution in [2.75, 3.05) is 5.75 Å². The molecule has 0 aromatic rings. The lowest BCUT2D eigenvalue weighted by molar-refractivity contribution is -0.122. The molecule has 0 saturated carbocycles. The first-order valence-electron chi connectivity index (χ1n) is 19.9. The van der Waals surface area contributed by atoms with Crippen LogP contribution in [0.15, 0.2) is 12.2 Å². The number of aliphatic hydroxyl groups is 1. The van der Waals surface area contributed by atoms with Gasteiger partial charge in [-0.05, 0) is 19.3 Å². The van der Waals surface area contributed by atoms with Crippen LogP contribution >= 0.6 is 0 Å². The van der Waals surface area contributed by atoms with Crippen LogP contribution in [-0.4, -0.2) is 41.9 Å². The Morgan fingerprint density at radius 3 is 1.24 bits per heavy atom. The van der Waals surface area contributed by atoms with Crippen LogP contribution in [0.4, 0.5) is 0 Å². The van der Waals surface area contributed by atoms with Gasteiger partial charge in [0.15, 0.2) is 0 Å². The molecule has 274 valence electrons. The van der Waals surface area contributed by atoms with Gasteiger partial charge in [0.25, 0.3) is 10.1 Å². The highest BCUT2D eigenvalue weighted by Gasteiger charge is 2.24. The minimum absolute atomic E-state index is 0.275. The van der Waals surface area contributed by atoms with Gasteiger partial charge in [-0.2, -0.15) is 8.42 Å². The molecule has 0 radical (unpaired) electrons. The smallest absolute Gasteiger partial charge is 0.267 e. The van der Waals surface area contributed by atoms with Crippen molar-refractivity contribution in [1.29, 1.82) is 0 Å². The fourth-order valence-electron chi connectivity index (χ4n) is 6.21. The normalized spacial score (nSPS) is 13.4. The summed E-state index contributed by atoms with van der Waals surface area (Å²) in [5.41, 5.74) is 0. The number of amides is 1. The number of aliphatic hydroxyl groups excluding tert-OH is 1. The summed E-state index contributed by atoms with van der Waals surface area (Å²) >= 11 is 0. The van der Waals surface area contributed by atoms with Crippen LogP contribution in [0.5, 0.6) is 0 Å². The molecule has 3 N–H and O–H groups in total. The Bertz CT molecular complexity index is 785. The molecule has 46 heavy (non-hydrogen) atoms. The van der Waals surface area contributed by atoms with Gasteiger partial charge in [-0.1, -0.05) is 199 Å². The lowest BCUT2D eigenvalue weighted by Gasteiger charge is -2.21. The van der Waals surface area contributed by atoms with Gasteiger partial charge in [0.2, 0.25) is 5.91 Å². The van der Waals surface area contributed by atoms with Crippen LogP contribution < -0.4 is 5.32 Å². The topological polar surface area (TPSA) is 104 Å². The van der Waals surface area contributed by atoms with E-state index in [1.807, 2.05) is 6.08 Å². The maximum Gasteiger partial charge on any atom is 0.267 e. The lowest BCUT2D eigenvalue weighted by atomic mass is 10.0. The molecule has 0 rings (SSSR count). The molecular formula is C39H77NO5S. The molecule has 0 fully saturated rings. The largest absolute Gasteiger partial charge is 0.387 e. The summed E-state index contributed by atoms with van der Waals surface area (Å²) in [4.78, 5) is 12.5. The van der Waals surface area contributed by atoms with Gasteiger partial charge in [0, 0.05) is 6.42 Å². The second kappa shape index (κ2) is 34.0. The van der Waals surface area contributed by atoms with Gasteiger partial charge in [-0.25, -0.2) is 0 Å². The summed E-state index contributed by atoms with van der Waals surface area (Å²) in [5.74, 6) is -0.968. The Morgan fingerprint density at radius 2 is 0.891 bits per heavy atom. The first-order chi connectivity index (χ1) is 22.3. The molecule has 0 spiro atoms. The van der Waals surface area contributed by atoms with Gasteiger partial charge in [-0.3, -0.25) is 9.35 Å². The monoisotopic (exact) mass is 672 g/mol. The summed E-state index contributed by atoms with van der Waals surface area (Å²) in [7, 11) is -4.33. The highest BCUT2D eigenvalue weighted by molar-refractivity contribution is 7.85. The SMILES string of the molecule is CCCCCCCCCCCCC/C=C/C(O)C(CS(=O)(=O)O)NC(=O)CCCCCCCCCCCCCCCCCCCC. The van der Waals surface area contributed by atoms with Crippen LogP contribution in [0.25, 0.3) is 0 Å². The molecule has 2 unspecified atom stereocenters. The van der Waals surface area contributed by atoms with E-state index in [1.54, 1.807) is 6.08 Å². The molecule has 0 aliphatic carbocycles. The molecule has 1 amide bonds. The van der Waals surface area contributed by atoms with E-state index in [4.69, 9.17) is 0 Å². The number of nitrogens with one attached hydrogen (secondary N) is 1. The molecule has 0 saturated heterocycles. The number of allylic oxidation sites excluding steroid dienone is 1. The van der Waals surface area contributed by atoms with E-state index in [0.717, 1.165) is 38.5 Å². The minimum atomic E-state index is -4.33. The van der Waals surface area contributed by atoms with Crippen molar-refractivity contribution in [2.24, 2.45) is 0 Å². The second-order valence-corrected chi connectivity index (χ2v) is 15.4. The minimum Gasteiger partial charge on any atom is -0.387 e. The van der Waals surface area contributed by atoms with Crippen molar-refractivity contribution in [1.82, 2.24) is 5.32 Å². The summed E-state index contributed by atoms with van der Waals surface area (Å²) in [5, 5.41) is 13.2. The third-order valence-corrected chi connectivity index (χ3v) is 9.99. The van der Waals surface area contributed by atoms with Crippen molar-refractivity contribution in [2.45, 2.75) is 225 Å². The Hall–Kier alpha value is -0.920.